The molecule has 1 heterocycles. The van der Waals surface area contributed by atoms with Crippen molar-refractivity contribution in [1.82, 2.24) is 9.88 Å². The molecule has 0 saturated carbocycles. The summed E-state index contributed by atoms with van der Waals surface area (Å²) < 4.78 is 5.88. The van der Waals surface area contributed by atoms with E-state index in [4.69, 9.17) is 4.74 Å². The molecule has 0 aliphatic carbocycles. The van der Waals surface area contributed by atoms with Crippen molar-refractivity contribution in [3.05, 3.63) is 66.0 Å². The molecular formula is C19H24N2O2. The van der Waals surface area contributed by atoms with Crippen LogP contribution >= 0.6 is 0 Å². The number of benzene rings is 1. The zero-order valence-corrected chi connectivity index (χ0v) is 13.8. The highest BCUT2D eigenvalue weighted by atomic mass is 16.5. The molecule has 2 rings (SSSR count). The number of allylic oxidation sites excluding steroid dienone is 1. The Balaban J connectivity index is 1.86. The van der Waals surface area contributed by atoms with Crippen LogP contribution in [0.2, 0.25) is 0 Å². The molecule has 0 bridgehead atoms. The minimum atomic E-state index is 0.236. The van der Waals surface area contributed by atoms with E-state index in [1.165, 1.54) is 0 Å². The summed E-state index contributed by atoms with van der Waals surface area (Å²) in [6, 6.07) is 11.5. The largest absolute Gasteiger partial charge is 0.506 e. The second kappa shape index (κ2) is 8.34. The summed E-state index contributed by atoms with van der Waals surface area (Å²) in [5, 5.41) is 9.85. The number of nitrogens with zero attached hydrogens (tertiary/aromatic N) is 2. The number of para-hydroxylation sites is 1. The number of hydrogen-bond acceptors (Lipinski definition) is 4. The van der Waals surface area contributed by atoms with Gasteiger partial charge < -0.3 is 9.84 Å². The van der Waals surface area contributed by atoms with Crippen molar-refractivity contribution in [2.24, 2.45) is 0 Å². The Hall–Kier alpha value is -2.33. The number of rotatable bonds is 8. The maximum Gasteiger partial charge on any atom is 0.138 e. The van der Waals surface area contributed by atoms with E-state index in [0.29, 0.717) is 18.8 Å². The molecule has 0 atom stereocenters. The molecule has 4 heteroatoms. The Kier molecular flexibility index (Phi) is 6.18. The van der Waals surface area contributed by atoms with Crippen molar-refractivity contribution in [2.75, 3.05) is 20.2 Å². The number of hydrogen-bond donors (Lipinski definition) is 1. The fourth-order valence-corrected chi connectivity index (χ4v) is 2.33. The molecule has 4 nitrogen and oxygen atoms in total. The Bertz CT molecular complexity index is 656. The first-order valence-electron chi connectivity index (χ1n) is 7.75. The average Bonchev–Trinajstić information content (AvgIpc) is 2.53. The maximum absolute atomic E-state index is 9.85. The van der Waals surface area contributed by atoms with Crippen LogP contribution in [-0.4, -0.2) is 35.2 Å². The van der Waals surface area contributed by atoms with Gasteiger partial charge in [0.2, 0.25) is 0 Å². The first-order chi connectivity index (χ1) is 11.1. The normalized spacial score (nSPS) is 10.7. The number of likely N-dealkylation sites (N-methyl/N-ethyl adjacent to an activating group) is 1. The van der Waals surface area contributed by atoms with Crippen molar-refractivity contribution in [3.8, 4) is 11.5 Å². The molecule has 0 spiro atoms. The van der Waals surface area contributed by atoms with Crippen LogP contribution in [0.25, 0.3) is 0 Å². The Labute approximate surface area is 138 Å². The predicted octanol–water partition coefficient (Wildman–Crippen LogP) is 3.33. The van der Waals surface area contributed by atoms with Crippen LogP contribution in [0.4, 0.5) is 0 Å². The molecule has 2 aromatic rings. The van der Waals surface area contributed by atoms with Crippen molar-refractivity contribution in [3.63, 3.8) is 0 Å². The van der Waals surface area contributed by atoms with Crippen LogP contribution < -0.4 is 4.74 Å². The molecule has 0 aliphatic rings. The number of aromatic nitrogens is 1. The smallest absolute Gasteiger partial charge is 0.138 e. The maximum atomic E-state index is 9.85. The van der Waals surface area contributed by atoms with Gasteiger partial charge in [0.1, 0.15) is 18.1 Å². The highest BCUT2D eigenvalue weighted by molar-refractivity contribution is 5.34. The third kappa shape index (κ3) is 5.11. The molecule has 122 valence electrons. The van der Waals surface area contributed by atoms with E-state index in [2.05, 4.69) is 22.5 Å². The third-order valence-corrected chi connectivity index (χ3v) is 3.58. The highest BCUT2D eigenvalue weighted by Crippen LogP contribution is 2.19. The summed E-state index contributed by atoms with van der Waals surface area (Å²) in [5.41, 5.74) is 2.74. The average molecular weight is 312 g/mol. The van der Waals surface area contributed by atoms with Gasteiger partial charge >= 0.3 is 0 Å². The molecule has 1 N–H and O–H groups in total. The van der Waals surface area contributed by atoms with Crippen LogP contribution in [0.15, 0.2) is 49.1 Å². The minimum Gasteiger partial charge on any atom is -0.506 e. The Morgan fingerprint density at radius 2 is 2.04 bits per heavy atom. The van der Waals surface area contributed by atoms with E-state index in [-0.39, 0.29) is 5.75 Å². The lowest BCUT2D eigenvalue weighted by Gasteiger charge is -2.18. The van der Waals surface area contributed by atoms with Crippen LogP contribution in [-0.2, 0) is 13.0 Å². The van der Waals surface area contributed by atoms with Crippen LogP contribution in [0.1, 0.15) is 17.0 Å². The topological polar surface area (TPSA) is 45.6 Å². The zero-order chi connectivity index (χ0) is 16.7. The van der Waals surface area contributed by atoms with Gasteiger partial charge in [-0.3, -0.25) is 9.88 Å². The zero-order valence-electron chi connectivity index (χ0n) is 13.8. The molecule has 0 fully saturated rings. The predicted molar refractivity (Wildman–Crippen MR) is 92.8 cm³/mol. The van der Waals surface area contributed by atoms with Gasteiger partial charge in [-0.05, 0) is 44.2 Å². The van der Waals surface area contributed by atoms with E-state index >= 15 is 0 Å². The van der Waals surface area contributed by atoms with Gasteiger partial charge in [0.05, 0.1) is 5.69 Å². The number of aromatic hydroxyl groups is 1. The molecule has 1 aromatic carbocycles. The minimum absolute atomic E-state index is 0.236. The van der Waals surface area contributed by atoms with Crippen LogP contribution in [0.3, 0.4) is 0 Å². The summed E-state index contributed by atoms with van der Waals surface area (Å²) in [5.74, 6) is 1.14. The van der Waals surface area contributed by atoms with Gasteiger partial charge in [-0.1, -0.05) is 24.3 Å². The summed E-state index contributed by atoms with van der Waals surface area (Å²) in [4.78, 5) is 6.45. The molecule has 0 radical (unpaired) electrons. The van der Waals surface area contributed by atoms with Crippen molar-refractivity contribution < 1.29 is 9.84 Å². The first kappa shape index (κ1) is 17.0. The van der Waals surface area contributed by atoms with Gasteiger partial charge in [-0.2, -0.15) is 0 Å². The third-order valence-electron chi connectivity index (χ3n) is 3.58. The lowest BCUT2D eigenvalue weighted by atomic mass is 10.1. The monoisotopic (exact) mass is 312 g/mol. The lowest BCUT2D eigenvalue weighted by Crippen LogP contribution is -2.24. The second-order valence-electron chi connectivity index (χ2n) is 5.61. The molecule has 0 amide bonds. The molecule has 0 unspecified atom stereocenters. The van der Waals surface area contributed by atoms with Gasteiger partial charge in [0.15, 0.2) is 0 Å². The van der Waals surface area contributed by atoms with Gasteiger partial charge in [-0.15, -0.1) is 6.58 Å². The lowest BCUT2D eigenvalue weighted by molar-refractivity contribution is 0.228. The summed E-state index contributed by atoms with van der Waals surface area (Å²) in [6.07, 6.45) is 2.67. The van der Waals surface area contributed by atoms with Crippen molar-refractivity contribution in [1.29, 1.82) is 0 Å². The van der Waals surface area contributed by atoms with Gasteiger partial charge in [-0.25, -0.2) is 0 Å². The quantitative estimate of drug-likeness (QED) is 0.759. The summed E-state index contributed by atoms with van der Waals surface area (Å²) in [7, 11) is 1.99. The second-order valence-corrected chi connectivity index (χ2v) is 5.61. The Morgan fingerprint density at radius 1 is 1.26 bits per heavy atom. The van der Waals surface area contributed by atoms with E-state index in [0.717, 1.165) is 30.0 Å². The Morgan fingerprint density at radius 3 is 2.83 bits per heavy atom. The molecule has 0 saturated heterocycles. The van der Waals surface area contributed by atoms with E-state index in [1.807, 2.05) is 38.2 Å². The van der Waals surface area contributed by atoms with Crippen molar-refractivity contribution in [2.45, 2.75) is 19.9 Å². The van der Waals surface area contributed by atoms with Crippen LogP contribution in [0.5, 0.6) is 11.5 Å². The molecule has 0 aliphatic heterocycles. The molecule has 23 heavy (non-hydrogen) atoms. The highest BCUT2D eigenvalue weighted by Gasteiger charge is 2.08. The summed E-state index contributed by atoms with van der Waals surface area (Å²) in [6.45, 7) is 7.61. The SMILES string of the molecule is C=CCc1ccccc1OCCN(C)Cc1nc(C)ccc1O. The standard InChI is InChI=1S/C19H24N2O2/c1-4-7-16-8-5-6-9-19(16)23-13-12-21(3)14-17-18(22)11-10-15(2)20-17/h4-6,8-11,22H,1,7,12-14H2,2-3H3. The fourth-order valence-electron chi connectivity index (χ4n) is 2.33. The number of ether oxygens (including phenoxy) is 1. The first-order valence-corrected chi connectivity index (χ1v) is 7.75. The van der Waals surface area contributed by atoms with Crippen molar-refractivity contribution >= 4 is 0 Å². The van der Waals surface area contributed by atoms with E-state index in [1.54, 1.807) is 12.1 Å². The number of pyridine rings is 1. The van der Waals surface area contributed by atoms with Gasteiger partial charge in [0.25, 0.3) is 0 Å². The van der Waals surface area contributed by atoms with Gasteiger partial charge in [0, 0.05) is 18.8 Å². The fraction of sp³-hybridized carbons (Fsp3) is 0.316. The van der Waals surface area contributed by atoms with E-state index < -0.39 is 0 Å². The summed E-state index contributed by atoms with van der Waals surface area (Å²) >= 11 is 0. The molecular weight excluding hydrogens is 288 g/mol. The number of aryl methyl sites for hydroxylation is 1. The van der Waals surface area contributed by atoms with E-state index in [9.17, 15) is 5.11 Å². The molecule has 1 aromatic heterocycles. The van der Waals surface area contributed by atoms with Crippen LogP contribution in [0, 0.1) is 6.92 Å².